The number of rotatable bonds is 24. The average Bonchev–Trinajstić information content (AvgIpc) is 3.12. The van der Waals surface area contributed by atoms with Crippen molar-refractivity contribution in [1.29, 1.82) is 0 Å². The standard InChI is InChI=1S/C36H53N3O9/c1-2-20-43-22-24-45-26-27-46-25-23-44-21-13-34(40)39-18-16-37(17-19-39)14-15-38(28-35(41)47-30-32-9-5-3-6-10-32)29-36(42)48-31-33-11-7-4-8-12-33/h1,5,7,9-12H,3-4,6,8,13-31H2. The Bertz CT molecular complexity index is 1090. The Labute approximate surface area is 285 Å². The van der Waals surface area contributed by atoms with Crippen molar-refractivity contribution in [3.8, 4) is 12.3 Å². The minimum absolute atomic E-state index is 0.00485. The number of terminal acetylenes is 1. The molecule has 0 atom stereocenters. The highest BCUT2D eigenvalue weighted by molar-refractivity contribution is 5.76. The molecule has 0 aromatic carbocycles. The van der Waals surface area contributed by atoms with E-state index in [2.05, 4.69) is 35.1 Å². The van der Waals surface area contributed by atoms with E-state index in [1.54, 1.807) is 4.90 Å². The van der Waals surface area contributed by atoms with Gasteiger partial charge in [-0.15, -0.1) is 6.42 Å². The third-order valence-corrected chi connectivity index (χ3v) is 7.87. The second-order valence-electron chi connectivity index (χ2n) is 11.6. The summed E-state index contributed by atoms with van der Waals surface area (Å²) in [5.41, 5.74) is 1.97. The predicted octanol–water partition coefficient (Wildman–Crippen LogP) is 2.16. The molecule has 266 valence electrons. The Hall–Kier alpha value is -3.31. The summed E-state index contributed by atoms with van der Waals surface area (Å²) in [6.07, 6.45) is 21.6. The van der Waals surface area contributed by atoms with Crippen LogP contribution in [-0.2, 0) is 42.8 Å². The molecule has 1 aliphatic heterocycles. The first-order valence-electron chi connectivity index (χ1n) is 17.0. The SMILES string of the molecule is C#CCOCCOCCOCCOCCC(=O)N1CCN(CCN(CC(=O)OCC2=CCCC=C2)CC(=O)OCC2=CCCC=C2)CC1. The number of piperazine rings is 1. The zero-order chi connectivity index (χ0) is 34.1. The molecule has 0 unspecified atom stereocenters. The number of nitrogens with zero attached hydrogens (tertiary/aromatic N) is 3. The molecule has 48 heavy (non-hydrogen) atoms. The van der Waals surface area contributed by atoms with Gasteiger partial charge in [-0.3, -0.25) is 24.2 Å². The van der Waals surface area contributed by atoms with E-state index in [1.165, 1.54) is 0 Å². The van der Waals surface area contributed by atoms with Crippen LogP contribution in [0.5, 0.6) is 0 Å². The topological polar surface area (TPSA) is 116 Å². The van der Waals surface area contributed by atoms with Gasteiger partial charge in [0.15, 0.2) is 0 Å². The zero-order valence-corrected chi connectivity index (χ0v) is 28.3. The summed E-state index contributed by atoms with van der Waals surface area (Å²) in [7, 11) is 0. The van der Waals surface area contributed by atoms with Gasteiger partial charge >= 0.3 is 11.9 Å². The zero-order valence-electron chi connectivity index (χ0n) is 28.3. The van der Waals surface area contributed by atoms with E-state index in [4.69, 9.17) is 34.8 Å². The summed E-state index contributed by atoms with van der Waals surface area (Å²) in [6.45, 7) is 7.56. The fourth-order valence-electron chi connectivity index (χ4n) is 5.16. The lowest BCUT2D eigenvalue weighted by atomic mass is 10.1. The van der Waals surface area contributed by atoms with Crippen molar-refractivity contribution in [3.05, 3.63) is 47.6 Å². The maximum atomic E-state index is 12.7. The molecular formula is C36H53N3O9. The number of carbonyl (C=O) groups is 3. The monoisotopic (exact) mass is 671 g/mol. The van der Waals surface area contributed by atoms with Crippen LogP contribution in [0.3, 0.4) is 0 Å². The van der Waals surface area contributed by atoms with E-state index in [0.29, 0.717) is 91.9 Å². The number of carbonyl (C=O) groups excluding carboxylic acids is 3. The lowest BCUT2D eigenvalue weighted by Gasteiger charge is -2.35. The van der Waals surface area contributed by atoms with Gasteiger partial charge in [0.1, 0.15) is 19.8 Å². The molecule has 0 radical (unpaired) electrons. The van der Waals surface area contributed by atoms with Crippen LogP contribution in [0.25, 0.3) is 0 Å². The number of amides is 1. The molecule has 2 aliphatic carbocycles. The van der Waals surface area contributed by atoms with Gasteiger partial charge in [-0.1, -0.05) is 42.4 Å². The summed E-state index contributed by atoms with van der Waals surface area (Å²) >= 11 is 0. The predicted molar refractivity (Wildman–Crippen MR) is 181 cm³/mol. The van der Waals surface area contributed by atoms with Gasteiger partial charge in [0.25, 0.3) is 0 Å². The summed E-state index contributed by atoms with van der Waals surface area (Å²) in [5, 5.41) is 0. The Morgan fingerprint density at radius 2 is 1.23 bits per heavy atom. The molecule has 3 aliphatic rings. The second-order valence-corrected chi connectivity index (χ2v) is 11.6. The van der Waals surface area contributed by atoms with Crippen molar-refractivity contribution in [2.75, 3.05) is 118 Å². The Morgan fingerprint density at radius 1 is 0.708 bits per heavy atom. The first kappa shape index (κ1) is 39.1. The van der Waals surface area contributed by atoms with Gasteiger partial charge in [-0.25, -0.2) is 0 Å². The number of allylic oxidation sites excluding steroid dienone is 4. The highest BCUT2D eigenvalue weighted by atomic mass is 16.6. The number of esters is 2. The molecule has 0 bridgehead atoms. The molecule has 0 saturated carbocycles. The molecule has 0 aromatic rings. The van der Waals surface area contributed by atoms with E-state index in [1.807, 2.05) is 17.1 Å². The van der Waals surface area contributed by atoms with E-state index in [0.717, 1.165) is 36.8 Å². The first-order valence-corrected chi connectivity index (χ1v) is 17.0. The van der Waals surface area contributed by atoms with Crippen LogP contribution in [0.4, 0.5) is 0 Å². The van der Waals surface area contributed by atoms with Gasteiger partial charge in [0.2, 0.25) is 5.91 Å². The summed E-state index contributed by atoms with van der Waals surface area (Å²) in [5.74, 6) is 1.70. The fourth-order valence-corrected chi connectivity index (χ4v) is 5.16. The highest BCUT2D eigenvalue weighted by Crippen LogP contribution is 2.11. The van der Waals surface area contributed by atoms with Crippen molar-refractivity contribution in [3.63, 3.8) is 0 Å². The van der Waals surface area contributed by atoms with E-state index in [9.17, 15) is 14.4 Å². The van der Waals surface area contributed by atoms with Crippen LogP contribution in [0, 0.1) is 12.3 Å². The summed E-state index contributed by atoms with van der Waals surface area (Å²) in [4.78, 5) is 44.0. The van der Waals surface area contributed by atoms with Crippen LogP contribution in [-0.4, -0.2) is 151 Å². The fraction of sp³-hybridized carbons (Fsp3) is 0.639. The van der Waals surface area contributed by atoms with Crippen molar-refractivity contribution in [2.45, 2.75) is 32.1 Å². The largest absolute Gasteiger partial charge is 0.460 e. The Morgan fingerprint density at radius 3 is 1.73 bits per heavy atom. The highest BCUT2D eigenvalue weighted by Gasteiger charge is 2.23. The number of hydrogen-bond acceptors (Lipinski definition) is 11. The maximum absolute atomic E-state index is 12.7. The van der Waals surface area contributed by atoms with Crippen LogP contribution in [0.15, 0.2) is 47.6 Å². The smallest absolute Gasteiger partial charge is 0.320 e. The summed E-state index contributed by atoms with van der Waals surface area (Å²) in [6, 6.07) is 0. The maximum Gasteiger partial charge on any atom is 0.320 e. The van der Waals surface area contributed by atoms with Gasteiger partial charge in [-0.2, -0.15) is 0 Å². The van der Waals surface area contributed by atoms with Crippen molar-refractivity contribution in [2.24, 2.45) is 0 Å². The van der Waals surface area contributed by atoms with Crippen LogP contribution in [0.2, 0.25) is 0 Å². The second kappa shape index (κ2) is 24.8. The number of ether oxygens (including phenoxy) is 6. The van der Waals surface area contributed by atoms with E-state index >= 15 is 0 Å². The minimum atomic E-state index is -0.378. The molecule has 0 N–H and O–H groups in total. The summed E-state index contributed by atoms with van der Waals surface area (Å²) < 4.78 is 32.5. The minimum Gasteiger partial charge on any atom is -0.460 e. The van der Waals surface area contributed by atoms with Crippen LogP contribution >= 0.6 is 0 Å². The molecule has 0 aromatic heterocycles. The average molecular weight is 672 g/mol. The molecule has 1 fully saturated rings. The van der Waals surface area contributed by atoms with Gasteiger partial charge in [0.05, 0.1) is 65.8 Å². The van der Waals surface area contributed by atoms with Gasteiger partial charge in [0, 0.05) is 39.3 Å². The van der Waals surface area contributed by atoms with Crippen molar-refractivity contribution in [1.82, 2.24) is 14.7 Å². The molecule has 12 heteroatoms. The number of hydrogen-bond donors (Lipinski definition) is 0. The van der Waals surface area contributed by atoms with Crippen molar-refractivity contribution < 1.29 is 42.8 Å². The Kier molecular flexibility index (Phi) is 20.2. The molecular weight excluding hydrogens is 618 g/mol. The lowest BCUT2D eigenvalue weighted by Crippen LogP contribution is -2.51. The molecule has 0 spiro atoms. The molecule has 1 amide bonds. The van der Waals surface area contributed by atoms with E-state index < -0.39 is 0 Å². The van der Waals surface area contributed by atoms with Crippen LogP contribution < -0.4 is 0 Å². The molecule has 3 rings (SSSR count). The lowest BCUT2D eigenvalue weighted by molar-refractivity contribution is -0.148. The Balaban J connectivity index is 1.29. The van der Waals surface area contributed by atoms with Gasteiger partial charge < -0.3 is 33.3 Å². The third-order valence-electron chi connectivity index (χ3n) is 7.87. The quantitative estimate of drug-likeness (QED) is 0.0854. The van der Waals surface area contributed by atoms with Gasteiger partial charge in [-0.05, 0) is 36.8 Å². The normalized spacial score (nSPS) is 16.4. The molecule has 1 saturated heterocycles. The first-order chi connectivity index (χ1) is 23.5. The molecule has 1 heterocycles. The third kappa shape index (κ3) is 17.7. The molecule has 12 nitrogen and oxygen atoms in total. The van der Waals surface area contributed by atoms with Crippen LogP contribution in [0.1, 0.15) is 32.1 Å². The van der Waals surface area contributed by atoms with Crippen molar-refractivity contribution >= 4 is 17.8 Å². The van der Waals surface area contributed by atoms with E-state index in [-0.39, 0.29) is 50.8 Å².